The van der Waals surface area contributed by atoms with E-state index in [1.165, 1.54) is 0 Å². The van der Waals surface area contributed by atoms with Gasteiger partial charge in [0, 0.05) is 27.1 Å². The third kappa shape index (κ3) is 5.92. The van der Waals surface area contributed by atoms with Gasteiger partial charge >= 0.3 is 0 Å². The monoisotopic (exact) mass is 409 g/mol. The van der Waals surface area contributed by atoms with Crippen molar-refractivity contribution >= 4 is 46.6 Å². The maximum absolute atomic E-state index is 12.4. The largest absolute Gasteiger partial charge is 0.341 e. The van der Waals surface area contributed by atoms with Gasteiger partial charge in [-0.15, -0.1) is 0 Å². The summed E-state index contributed by atoms with van der Waals surface area (Å²) in [4.78, 5) is 24.8. The Labute approximate surface area is 165 Å². The summed E-state index contributed by atoms with van der Waals surface area (Å²) in [6.07, 6.45) is 0.164. The Morgan fingerprint density at radius 2 is 1.62 bits per heavy atom. The first kappa shape index (κ1) is 20.1. The molecule has 1 atom stereocenters. The Hall–Kier alpha value is -2.26. The number of amides is 2. The Morgan fingerprint density at radius 1 is 1.00 bits per heavy atom. The molecule has 0 heterocycles. The van der Waals surface area contributed by atoms with E-state index in [4.69, 9.17) is 40.1 Å². The van der Waals surface area contributed by atoms with E-state index in [0.29, 0.717) is 26.2 Å². The molecule has 2 aromatic carbocycles. The van der Waals surface area contributed by atoms with Gasteiger partial charge in [0.05, 0.1) is 6.07 Å². The molecule has 0 saturated carbocycles. The topological polar surface area (TPSA) is 82.0 Å². The number of nitrogens with one attached hydrogen (secondary N) is 2. The van der Waals surface area contributed by atoms with Crippen LogP contribution in [0.15, 0.2) is 42.5 Å². The molecule has 0 aliphatic heterocycles. The van der Waals surface area contributed by atoms with E-state index in [2.05, 4.69) is 10.6 Å². The standard InChI is InChI=1S/C18H14Cl3N3O2/c19-13-3-1-12(2-4-13)17(25)24-16(18(26)23-6-5-22)9-11-7-14(20)10-15(21)8-11/h1-4,7-8,10,16H,6,9H2,(H,23,26)(H,24,25). The first-order chi connectivity index (χ1) is 12.4. The summed E-state index contributed by atoms with van der Waals surface area (Å²) >= 11 is 17.8. The summed E-state index contributed by atoms with van der Waals surface area (Å²) in [6.45, 7) is -0.164. The van der Waals surface area contributed by atoms with E-state index in [1.54, 1.807) is 42.5 Å². The van der Waals surface area contributed by atoms with Gasteiger partial charge < -0.3 is 10.6 Å². The molecule has 0 aliphatic rings. The van der Waals surface area contributed by atoms with E-state index < -0.39 is 17.9 Å². The number of rotatable bonds is 6. The molecule has 0 fully saturated rings. The van der Waals surface area contributed by atoms with Gasteiger partial charge in [0.2, 0.25) is 5.91 Å². The van der Waals surface area contributed by atoms with Gasteiger partial charge in [0.15, 0.2) is 0 Å². The quantitative estimate of drug-likeness (QED) is 0.714. The van der Waals surface area contributed by atoms with Crippen molar-refractivity contribution in [2.75, 3.05) is 6.54 Å². The van der Waals surface area contributed by atoms with Crippen molar-refractivity contribution in [1.82, 2.24) is 10.6 Å². The fourth-order valence-corrected chi connectivity index (χ4v) is 2.96. The van der Waals surface area contributed by atoms with Crippen LogP contribution < -0.4 is 10.6 Å². The summed E-state index contributed by atoms with van der Waals surface area (Å²) in [6, 6.07) is 12.1. The van der Waals surface area contributed by atoms with E-state index in [1.807, 2.05) is 6.07 Å². The number of benzene rings is 2. The molecule has 1 unspecified atom stereocenters. The van der Waals surface area contributed by atoms with E-state index in [0.717, 1.165) is 0 Å². The smallest absolute Gasteiger partial charge is 0.251 e. The second-order valence-corrected chi connectivity index (χ2v) is 6.70. The SMILES string of the molecule is N#CCNC(=O)C(Cc1cc(Cl)cc(Cl)c1)NC(=O)c1ccc(Cl)cc1. The Balaban J connectivity index is 2.19. The number of carbonyl (C=O) groups is 2. The molecule has 0 radical (unpaired) electrons. The van der Waals surface area contributed by atoms with E-state index in [9.17, 15) is 9.59 Å². The second kappa shape index (κ2) is 9.44. The zero-order chi connectivity index (χ0) is 19.1. The van der Waals surface area contributed by atoms with Gasteiger partial charge in [-0.1, -0.05) is 34.8 Å². The number of carbonyl (C=O) groups excluding carboxylic acids is 2. The lowest BCUT2D eigenvalue weighted by Crippen LogP contribution is -2.48. The Kier molecular flexibility index (Phi) is 7.28. The predicted octanol–water partition coefficient (Wildman–Crippen LogP) is 3.63. The van der Waals surface area contributed by atoms with Crippen molar-refractivity contribution in [1.29, 1.82) is 5.26 Å². The number of hydrogen-bond acceptors (Lipinski definition) is 3. The minimum atomic E-state index is -0.902. The van der Waals surface area contributed by atoms with Crippen molar-refractivity contribution in [3.05, 3.63) is 68.7 Å². The van der Waals surface area contributed by atoms with Gasteiger partial charge in [0.1, 0.15) is 12.6 Å². The van der Waals surface area contributed by atoms with Crippen LogP contribution in [0.3, 0.4) is 0 Å². The third-order valence-electron chi connectivity index (χ3n) is 3.43. The maximum Gasteiger partial charge on any atom is 0.251 e. The summed E-state index contributed by atoms with van der Waals surface area (Å²) in [5.41, 5.74) is 1.03. The fourth-order valence-electron chi connectivity index (χ4n) is 2.27. The summed E-state index contributed by atoms with van der Waals surface area (Å²) in [5, 5.41) is 15.1. The Morgan fingerprint density at radius 3 is 2.19 bits per heavy atom. The van der Waals surface area contributed by atoms with Gasteiger partial charge in [-0.2, -0.15) is 5.26 Å². The highest BCUT2D eigenvalue weighted by molar-refractivity contribution is 6.34. The molecule has 0 bridgehead atoms. The van der Waals surface area contributed by atoms with Crippen LogP contribution in [0.4, 0.5) is 0 Å². The molecule has 2 amide bonds. The molecular weight excluding hydrogens is 397 g/mol. The normalized spacial score (nSPS) is 11.3. The van der Waals surface area contributed by atoms with Crippen LogP contribution in [0.2, 0.25) is 15.1 Å². The van der Waals surface area contributed by atoms with Crippen LogP contribution in [-0.4, -0.2) is 24.4 Å². The summed E-state index contributed by atoms with van der Waals surface area (Å²) in [5.74, 6) is -0.920. The maximum atomic E-state index is 12.4. The summed E-state index contributed by atoms with van der Waals surface area (Å²) < 4.78 is 0. The van der Waals surface area contributed by atoms with Crippen LogP contribution in [-0.2, 0) is 11.2 Å². The zero-order valence-corrected chi connectivity index (χ0v) is 15.7. The third-order valence-corrected chi connectivity index (χ3v) is 4.12. The van der Waals surface area contributed by atoms with Gasteiger partial charge in [0.25, 0.3) is 5.91 Å². The molecule has 26 heavy (non-hydrogen) atoms. The lowest BCUT2D eigenvalue weighted by molar-refractivity contribution is -0.122. The molecule has 0 aliphatic carbocycles. The molecule has 5 nitrogen and oxygen atoms in total. The first-order valence-corrected chi connectivity index (χ1v) is 8.68. The van der Waals surface area contributed by atoms with Crippen molar-refractivity contribution < 1.29 is 9.59 Å². The van der Waals surface area contributed by atoms with Crippen LogP contribution in [0, 0.1) is 11.3 Å². The number of halogens is 3. The molecule has 0 aromatic heterocycles. The molecule has 8 heteroatoms. The molecule has 0 spiro atoms. The van der Waals surface area contributed by atoms with Crippen LogP contribution >= 0.6 is 34.8 Å². The van der Waals surface area contributed by atoms with Gasteiger partial charge in [-0.25, -0.2) is 0 Å². The number of nitrogens with zero attached hydrogens (tertiary/aromatic N) is 1. The van der Waals surface area contributed by atoms with Gasteiger partial charge in [-0.3, -0.25) is 9.59 Å². The highest BCUT2D eigenvalue weighted by Crippen LogP contribution is 2.20. The molecule has 0 saturated heterocycles. The van der Waals surface area contributed by atoms with Crippen molar-refractivity contribution in [3.63, 3.8) is 0 Å². The average Bonchev–Trinajstić information content (AvgIpc) is 2.58. The Bertz CT molecular complexity index is 828. The summed E-state index contributed by atoms with van der Waals surface area (Å²) in [7, 11) is 0. The second-order valence-electron chi connectivity index (χ2n) is 5.39. The molecule has 2 aromatic rings. The van der Waals surface area contributed by atoms with Crippen molar-refractivity contribution in [2.24, 2.45) is 0 Å². The minimum Gasteiger partial charge on any atom is -0.341 e. The van der Waals surface area contributed by atoms with Gasteiger partial charge in [-0.05, 0) is 48.0 Å². The molecule has 2 N–H and O–H groups in total. The zero-order valence-electron chi connectivity index (χ0n) is 13.4. The lowest BCUT2D eigenvalue weighted by atomic mass is 10.0. The minimum absolute atomic E-state index is 0.164. The van der Waals surface area contributed by atoms with E-state index in [-0.39, 0.29) is 13.0 Å². The highest BCUT2D eigenvalue weighted by Gasteiger charge is 2.22. The van der Waals surface area contributed by atoms with Crippen molar-refractivity contribution in [2.45, 2.75) is 12.5 Å². The average molecular weight is 411 g/mol. The number of hydrogen-bond donors (Lipinski definition) is 2. The van der Waals surface area contributed by atoms with Crippen LogP contribution in [0.1, 0.15) is 15.9 Å². The van der Waals surface area contributed by atoms with E-state index >= 15 is 0 Å². The number of nitriles is 1. The highest BCUT2D eigenvalue weighted by atomic mass is 35.5. The predicted molar refractivity (Wildman–Crippen MR) is 101 cm³/mol. The van der Waals surface area contributed by atoms with Crippen LogP contribution in [0.5, 0.6) is 0 Å². The van der Waals surface area contributed by atoms with Crippen LogP contribution in [0.25, 0.3) is 0 Å². The fraction of sp³-hybridized carbons (Fsp3) is 0.167. The lowest BCUT2D eigenvalue weighted by Gasteiger charge is -2.18. The molecule has 2 rings (SSSR count). The molecule has 134 valence electrons. The first-order valence-electron chi connectivity index (χ1n) is 7.55. The van der Waals surface area contributed by atoms with Crippen molar-refractivity contribution in [3.8, 4) is 6.07 Å². The molecular formula is C18H14Cl3N3O2.